The van der Waals surface area contributed by atoms with Gasteiger partial charge in [-0.15, -0.1) is 0 Å². The van der Waals surface area contributed by atoms with Crippen LogP contribution in [-0.2, 0) is 28.6 Å². The molecule has 0 aliphatic carbocycles. The number of ether oxygens (including phenoxy) is 3. The molecule has 0 aromatic rings. The molecule has 0 aromatic heterocycles. The van der Waals surface area contributed by atoms with E-state index in [0.717, 1.165) is 141 Å². The maximum Gasteiger partial charge on any atom is 0.306 e. The standard InChI is InChI=1S/C73H118O6/c1-4-7-10-13-16-19-22-25-28-30-31-32-33-34-35-36-37-38-39-40-41-43-45-48-51-54-57-60-63-66-72(75)78-69-70(68-77-71(74)65-62-59-56-53-50-47-44-27-24-21-18-15-12-9-6-3)79-73(76)67-64-61-58-55-52-49-46-42-29-26-23-20-17-14-11-8-5-2/h7-12,16-21,25-29,31-32,44,46,49,55,58,70H,4-6,13-15,22-24,30,33-43,45,47-48,50-54,56-57,59-69H2,1-3H3/b10-7-,11-8-,12-9-,19-16-,20-17-,21-18-,28-25-,29-26-,32-31-,44-27-,49-46-,58-55-. The number of carbonyl (C=O) groups excluding carboxylic acids is 3. The highest BCUT2D eigenvalue weighted by atomic mass is 16.6. The molecular formula is C73H118O6. The van der Waals surface area contributed by atoms with Crippen LogP contribution < -0.4 is 0 Å². The Kier molecular flexibility index (Phi) is 61.9. The molecule has 6 nitrogen and oxygen atoms in total. The van der Waals surface area contributed by atoms with E-state index in [1.807, 2.05) is 0 Å². The lowest BCUT2D eigenvalue weighted by Gasteiger charge is -2.18. The molecule has 6 heteroatoms. The molecule has 0 radical (unpaired) electrons. The quantitative estimate of drug-likeness (QED) is 0.0261. The molecule has 0 amide bonds. The van der Waals surface area contributed by atoms with Crippen molar-refractivity contribution >= 4 is 17.9 Å². The Balaban J connectivity index is 4.35. The molecule has 0 saturated carbocycles. The summed E-state index contributed by atoms with van der Waals surface area (Å²) >= 11 is 0. The van der Waals surface area contributed by atoms with Crippen LogP contribution in [0.5, 0.6) is 0 Å². The third-order valence-corrected chi connectivity index (χ3v) is 13.3. The number of allylic oxidation sites excluding steroid dienone is 24. The van der Waals surface area contributed by atoms with Crippen LogP contribution in [0, 0.1) is 0 Å². The highest BCUT2D eigenvalue weighted by Gasteiger charge is 2.19. The van der Waals surface area contributed by atoms with Crippen LogP contribution in [0.3, 0.4) is 0 Å². The second kappa shape index (κ2) is 65.8. The summed E-state index contributed by atoms with van der Waals surface area (Å²) < 4.78 is 16.9. The molecule has 0 aliphatic heterocycles. The second-order valence-corrected chi connectivity index (χ2v) is 20.9. The van der Waals surface area contributed by atoms with Crippen molar-refractivity contribution in [2.24, 2.45) is 0 Å². The first-order chi connectivity index (χ1) is 39.0. The van der Waals surface area contributed by atoms with E-state index in [4.69, 9.17) is 14.2 Å². The fraction of sp³-hybridized carbons (Fsp3) is 0.630. The van der Waals surface area contributed by atoms with Gasteiger partial charge in [-0.3, -0.25) is 14.4 Å². The van der Waals surface area contributed by atoms with E-state index in [2.05, 4.69) is 167 Å². The average Bonchev–Trinajstić information content (AvgIpc) is 3.45. The van der Waals surface area contributed by atoms with Crippen LogP contribution in [0.1, 0.15) is 278 Å². The van der Waals surface area contributed by atoms with Crippen molar-refractivity contribution in [1.29, 1.82) is 0 Å². The van der Waals surface area contributed by atoms with E-state index in [1.54, 1.807) is 0 Å². The summed E-state index contributed by atoms with van der Waals surface area (Å²) in [4.78, 5) is 38.3. The molecule has 0 saturated heterocycles. The predicted octanol–water partition coefficient (Wildman–Crippen LogP) is 22.3. The topological polar surface area (TPSA) is 78.9 Å². The Morgan fingerprint density at radius 3 is 0.747 bits per heavy atom. The number of rotatable bonds is 57. The van der Waals surface area contributed by atoms with Crippen molar-refractivity contribution < 1.29 is 28.6 Å². The molecule has 0 heterocycles. The summed E-state index contributed by atoms with van der Waals surface area (Å²) in [6.07, 6.45) is 94.4. The van der Waals surface area contributed by atoms with Gasteiger partial charge in [-0.2, -0.15) is 0 Å². The van der Waals surface area contributed by atoms with Crippen molar-refractivity contribution in [3.05, 3.63) is 146 Å². The summed E-state index contributed by atoms with van der Waals surface area (Å²) in [5.74, 6) is -0.985. The molecule has 0 spiro atoms. The van der Waals surface area contributed by atoms with E-state index in [9.17, 15) is 14.4 Å². The van der Waals surface area contributed by atoms with Crippen molar-refractivity contribution in [2.75, 3.05) is 13.2 Å². The van der Waals surface area contributed by atoms with Crippen LogP contribution in [0.4, 0.5) is 0 Å². The van der Waals surface area contributed by atoms with Gasteiger partial charge in [-0.05, 0) is 128 Å². The van der Waals surface area contributed by atoms with Crippen molar-refractivity contribution in [3.8, 4) is 0 Å². The molecule has 0 bridgehead atoms. The van der Waals surface area contributed by atoms with Crippen LogP contribution in [-0.4, -0.2) is 37.2 Å². The Morgan fingerprint density at radius 2 is 0.468 bits per heavy atom. The van der Waals surface area contributed by atoms with Gasteiger partial charge in [0.1, 0.15) is 13.2 Å². The minimum absolute atomic E-state index is 0.110. The Bertz CT molecular complexity index is 1730. The first-order valence-electron chi connectivity index (χ1n) is 32.3. The van der Waals surface area contributed by atoms with Crippen molar-refractivity contribution in [3.63, 3.8) is 0 Å². The largest absolute Gasteiger partial charge is 0.462 e. The van der Waals surface area contributed by atoms with Gasteiger partial charge in [-0.25, -0.2) is 0 Å². The molecule has 1 atom stereocenters. The molecular weight excluding hydrogens is 973 g/mol. The Labute approximate surface area is 487 Å². The maximum absolute atomic E-state index is 12.9. The van der Waals surface area contributed by atoms with E-state index in [0.29, 0.717) is 19.3 Å². The van der Waals surface area contributed by atoms with Gasteiger partial charge in [0.15, 0.2) is 6.10 Å². The SMILES string of the molecule is CC/C=C\C/C=C\C/C=C\C/C=C\C/C=C\CCCC(=O)OC(COC(=O)CCCCCCC/C=C\C/C=C\C/C=C\CC)COC(=O)CCCCCCCCCCCCCCCCCC/C=C\C/C=C\C/C=C\C/C=C\CC. The van der Waals surface area contributed by atoms with Gasteiger partial charge < -0.3 is 14.2 Å². The lowest BCUT2D eigenvalue weighted by atomic mass is 10.0. The Hall–Kier alpha value is -4.71. The van der Waals surface area contributed by atoms with Gasteiger partial charge in [0.2, 0.25) is 0 Å². The second-order valence-electron chi connectivity index (χ2n) is 20.9. The van der Waals surface area contributed by atoms with Crippen molar-refractivity contribution in [1.82, 2.24) is 0 Å². The number of hydrogen-bond donors (Lipinski definition) is 0. The molecule has 0 fully saturated rings. The fourth-order valence-corrected chi connectivity index (χ4v) is 8.60. The summed E-state index contributed by atoms with van der Waals surface area (Å²) in [6.45, 7) is 6.25. The maximum atomic E-state index is 12.9. The third-order valence-electron chi connectivity index (χ3n) is 13.3. The monoisotopic (exact) mass is 1090 g/mol. The first kappa shape index (κ1) is 74.3. The highest BCUT2D eigenvalue weighted by Crippen LogP contribution is 2.16. The number of esters is 3. The average molecular weight is 1090 g/mol. The predicted molar refractivity (Wildman–Crippen MR) is 343 cm³/mol. The van der Waals surface area contributed by atoms with Gasteiger partial charge in [-0.1, -0.05) is 276 Å². The van der Waals surface area contributed by atoms with Crippen LogP contribution in [0.2, 0.25) is 0 Å². The molecule has 0 aromatic carbocycles. The Morgan fingerprint density at radius 1 is 0.253 bits per heavy atom. The van der Waals surface area contributed by atoms with E-state index in [1.165, 1.54) is 89.9 Å². The molecule has 0 rings (SSSR count). The number of hydrogen-bond acceptors (Lipinski definition) is 6. The highest BCUT2D eigenvalue weighted by molar-refractivity contribution is 5.71. The van der Waals surface area contributed by atoms with Crippen LogP contribution >= 0.6 is 0 Å². The normalized spacial score (nSPS) is 13.1. The number of carbonyl (C=O) groups is 3. The minimum Gasteiger partial charge on any atom is -0.462 e. The van der Waals surface area contributed by atoms with Gasteiger partial charge in [0, 0.05) is 19.3 Å². The van der Waals surface area contributed by atoms with Gasteiger partial charge in [0.05, 0.1) is 0 Å². The van der Waals surface area contributed by atoms with Crippen LogP contribution in [0.25, 0.3) is 0 Å². The molecule has 0 aliphatic rings. The van der Waals surface area contributed by atoms with Gasteiger partial charge in [0.25, 0.3) is 0 Å². The summed E-state index contributed by atoms with van der Waals surface area (Å²) in [5.41, 5.74) is 0. The fourth-order valence-electron chi connectivity index (χ4n) is 8.60. The molecule has 79 heavy (non-hydrogen) atoms. The summed E-state index contributed by atoms with van der Waals surface area (Å²) in [5, 5.41) is 0. The molecule has 0 N–H and O–H groups in total. The zero-order valence-electron chi connectivity index (χ0n) is 51.1. The molecule has 1 unspecified atom stereocenters. The van der Waals surface area contributed by atoms with Gasteiger partial charge >= 0.3 is 17.9 Å². The lowest BCUT2D eigenvalue weighted by molar-refractivity contribution is -0.167. The number of unbranched alkanes of at least 4 members (excludes halogenated alkanes) is 22. The van der Waals surface area contributed by atoms with E-state index in [-0.39, 0.29) is 37.5 Å². The summed E-state index contributed by atoms with van der Waals surface area (Å²) in [7, 11) is 0. The zero-order valence-corrected chi connectivity index (χ0v) is 51.1. The summed E-state index contributed by atoms with van der Waals surface area (Å²) in [6, 6.07) is 0. The van der Waals surface area contributed by atoms with Crippen LogP contribution in [0.15, 0.2) is 146 Å². The molecule has 446 valence electrons. The lowest BCUT2D eigenvalue weighted by Crippen LogP contribution is -2.30. The van der Waals surface area contributed by atoms with Crippen molar-refractivity contribution in [2.45, 2.75) is 284 Å². The van der Waals surface area contributed by atoms with E-state index < -0.39 is 6.10 Å². The minimum atomic E-state index is -0.821. The first-order valence-corrected chi connectivity index (χ1v) is 32.3. The zero-order chi connectivity index (χ0) is 57.1. The smallest absolute Gasteiger partial charge is 0.306 e. The third kappa shape index (κ3) is 64.0. The van der Waals surface area contributed by atoms with E-state index >= 15 is 0 Å².